The van der Waals surface area contributed by atoms with Gasteiger partial charge >= 0.3 is 0 Å². The summed E-state index contributed by atoms with van der Waals surface area (Å²) in [5.41, 5.74) is 4.75. The SMILES string of the molecule is Cc1ccoc1-c1c[nH]c2c(C)cccc12. The van der Waals surface area contributed by atoms with E-state index in [0.29, 0.717) is 0 Å². The van der Waals surface area contributed by atoms with Gasteiger partial charge in [-0.15, -0.1) is 0 Å². The molecule has 0 aliphatic heterocycles. The average molecular weight is 211 g/mol. The van der Waals surface area contributed by atoms with Crippen LogP contribution in [-0.4, -0.2) is 4.98 Å². The maximum atomic E-state index is 5.54. The van der Waals surface area contributed by atoms with Crippen LogP contribution in [0.25, 0.3) is 22.2 Å². The molecule has 0 unspecified atom stereocenters. The number of benzene rings is 1. The van der Waals surface area contributed by atoms with Gasteiger partial charge in [-0.25, -0.2) is 0 Å². The molecular weight excluding hydrogens is 198 g/mol. The quantitative estimate of drug-likeness (QED) is 0.646. The van der Waals surface area contributed by atoms with Crippen molar-refractivity contribution >= 4 is 10.9 Å². The topological polar surface area (TPSA) is 28.9 Å². The summed E-state index contributed by atoms with van der Waals surface area (Å²) in [4.78, 5) is 3.31. The predicted octanol–water partition coefficient (Wildman–Crippen LogP) is 4.04. The molecule has 1 aromatic carbocycles. The molecule has 0 fully saturated rings. The molecule has 2 aromatic heterocycles. The predicted molar refractivity (Wildman–Crippen MR) is 65.5 cm³/mol. The van der Waals surface area contributed by atoms with Crippen LogP contribution in [0.4, 0.5) is 0 Å². The lowest BCUT2D eigenvalue weighted by Gasteiger charge is -1.98. The second kappa shape index (κ2) is 3.27. The molecule has 80 valence electrons. The molecule has 0 saturated heterocycles. The number of nitrogens with one attached hydrogen (secondary N) is 1. The summed E-state index contributed by atoms with van der Waals surface area (Å²) in [6.45, 7) is 4.17. The van der Waals surface area contributed by atoms with E-state index < -0.39 is 0 Å². The van der Waals surface area contributed by atoms with E-state index in [4.69, 9.17) is 4.42 Å². The molecule has 0 radical (unpaired) electrons. The molecule has 0 amide bonds. The Kier molecular flexibility index (Phi) is 1.90. The van der Waals surface area contributed by atoms with Crippen molar-refractivity contribution in [1.82, 2.24) is 4.98 Å². The highest BCUT2D eigenvalue weighted by Gasteiger charge is 2.11. The molecule has 0 saturated carbocycles. The zero-order valence-corrected chi connectivity index (χ0v) is 9.37. The van der Waals surface area contributed by atoms with Gasteiger partial charge in [-0.1, -0.05) is 18.2 Å². The number of aromatic amines is 1. The minimum Gasteiger partial charge on any atom is -0.464 e. The van der Waals surface area contributed by atoms with E-state index >= 15 is 0 Å². The van der Waals surface area contributed by atoms with E-state index in [2.05, 4.69) is 37.0 Å². The Labute approximate surface area is 93.9 Å². The van der Waals surface area contributed by atoms with Gasteiger partial charge in [0.15, 0.2) is 0 Å². The summed E-state index contributed by atoms with van der Waals surface area (Å²) in [7, 11) is 0. The number of hydrogen-bond acceptors (Lipinski definition) is 1. The van der Waals surface area contributed by atoms with Crippen LogP contribution >= 0.6 is 0 Å². The fourth-order valence-corrected chi connectivity index (χ4v) is 2.14. The van der Waals surface area contributed by atoms with Gasteiger partial charge in [-0.3, -0.25) is 0 Å². The Hall–Kier alpha value is -1.96. The normalized spacial score (nSPS) is 11.1. The first-order valence-electron chi connectivity index (χ1n) is 5.38. The monoisotopic (exact) mass is 211 g/mol. The zero-order chi connectivity index (χ0) is 11.1. The Bertz CT molecular complexity index is 646. The van der Waals surface area contributed by atoms with Crippen molar-refractivity contribution in [3.8, 4) is 11.3 Å². The summed E-state index contributed by atoms with van der Waals surface area (Å²) in [5, 5.41) is 1.22. The van der Waals surface area contributed by atoms with Crippen molar-refractivity contribution in [3.05, 3.63) is 47.9 Å². The molecule has 0 spiro atoms. The maximum Gasteiger partial charge on any atom is 0.138 e. The van der Waals surface area contributed by atoms with Gasteiger partial charge in [-0.2, -0.15) is 0 Å². The summed E-state index contributed by atoms with van der Waals surface area (Å²) in [6.07, 6.45) is 3.75. The van der Waals surface area contributed by atoms with Gasteiger partial charge in [0, 0.05) is 22.7 Å². The van der Waals surface area contributed by atoms with E-state index in [-0.39, 0.29) is 0 Å². The Balaban J connectivity index is 2.34. The lowest BCUT2D eigenvalue weighted by Crippen LogP contribution is -1.76. The van der Waals surface area contributed by atoms with E-state index in [1.54, 1.807) is 6.26 Å². The van der Waals surface area contributed by atoms with Gasteiger partial charge < -0.3 is 9.40 Å². The molecule has 2 nitrogen and oxygen atoms in total. The largest absolute Gasteiger partial charge is 0.464 e. The van der Waals surface area contributed by atoms with E-state index in [1.807, 2.05) is 12.3 Å². The lowest BCUT2D eigenvalue weighted by atomic mass is 10.1. The molecule has 3 aromatic rings. The van der Waals surface area contributed by atoms with E-state index in [0.717, 1.165) is 11.3 Å². The fourth-order valence-electron chi connectivity index (χ4n) is 2.14. The van der Waals surface area contributed by atoms with Gasteiger partial charge in [0.05, 0.1) is 6.26 Å². The fraction of sp³-hybridized carbons (Fsp3) is 0.143. The highest BCUT2D eigenvalue weighted by Crippen LogP contribution is 2.32. The molecule has 0 aliphatic carbocycles. The molecule has 0 bridgehead atoms. The van der Waals surface area contributed by atoms with Crippen molar-refractivity contribution in [3.63, 3.8) is 0 Å². The van der Waals surface area contributed by atoms with Crippen LogP contribution in [0.3, 0.4) is 0 Å². The Morgan fingerprint density at radius 2 is 1.94 bits per heavy atom. The second-order valence-electron chi connectivity index (χ2n) is 4.13. The number of furan rings is 1. The molecule has 0 atom stereocenters. The summed E-state index contributed by atoms with van der Waals surface area (Å²) in [5.74, 6) is 0.955. The van der Waals surface area contributed by atoms with E-state index in [1.165, 1.54) is 22.0 Å². The van der Waals surface area contributed by atoms with Crippen molar-refractivity contribution in [2.45, 2.75) is 13.8 Å². The van der Waals surface area contributed by atoms with Crippen LogP contribution in [0.2, 0.25) is 0 Å². The number of aromatic nitrogens is 1. The van der Waals surface area contributed by atoms with Crippen LogP contribution in [0.1, 0.15) is 11.1 Å². The van der Waals surface area contributed by atoms with Crippen molar-refractivity contribution < 1.29 is 4.42 Å². The third-order valence-corrected chi connectivity index (χ3v) is 3.03. The molecule has 16 heavy (non-hydrogen) atoms. The van der Waals surface area contributed by atoms with Gasteiger partial charge in [0.1, 0.15) is 5.76 Å². The molecule has 3 rings (SSSR count). The van der Waals surface area contributed by atoms with Crippen LogP contribution in [0.5, 0.6) is 0 Å². The summed E-state index contributed by atoms with van der Waals surface area (Å²) in [6, 6.07) is 8.30. The molecule has 0 aliphatic rings. The highest BCUT2D eigenvalue weighted by molar-refractivity contribution is 5.96. The molecule has 2 heterocycles. The lowest BCUT2D eigenvalue weighted by molar-refractivity contribution is 0.581. The van der Waals surface area contributed by atoms with Crippen molar-refractivity contribution in [2.24, 2.45) is 0 Å². The number of rotatable bonds is 1. The highest BCUT2D eigenvalue weighted by atomic mass is 16.3. The second-order valence-corrected chi connectivity index (χ2v) is 4.13. The first-order chi connectivity index (χ1) is 7.77. The van der Waals surface area contributed by atoms with Gasteiger partial charge in [0.25, 0.3) is 0 Å². The minimum atomic E-state index is 0.955. The number of aryl methyl sites for hydroxylation is 2. The van der Waals surface area contributed by atoms with Crippen molar-refractivity contribution in [1.29, 1.82) is 0 Å². The first-order valence-corrected chi connectivity index (χ1v) is 5.38. The molecule has 2 heteroatoms. The van der Waals surface area contributed by atoms with Crippen molar-refractivity contribution in [2.75, 3.05) is 0 Å². The maximum absolute atomic E-state index is 5.54. The summed E-state index contributed by atoms with van der Waals surface area (Å²) >= 11 is 0. The number of fused-ring (bicyclic) bond motifs is 1. The van der Waals surface area contributed by atoms with Crippen LogP contribution in [0.15, 0.2) is 41.1 Å². The van der Waals surface area contributed by atoms with Crippen LogP contribution in [-0.2, 0) is 0 Å². The van der Waals surface area contributed by atoms with Gasteiger partial charge in [0.2, 0.25) is 0 Å². The Morgan fingerprint density at radius 3 is 2.69 bits per heavy atom. The smallest absolute Gasteiger partial charge is 0.138 e. The first kappa shape index (κ1) is 9.28. The minimum absolute atomic E-state index is 0.955. The third kappa shape index (κ3) is 1.20. The van der Waals surface area contributed by atoms with Crippen LogP contribution in [0, 0.1) is 13.8 Å². The summed E-state index contributed by atoms with van der Waals surface area (Å²) < 4.78 is 5.54. The standard InChI is InChI=1S/C14H13NO/c1-9-4-3-5-11-12(8-15-13(9)11)14-10(2)6-7-16-14/h3-8,15H,1-2H3. The van der Waals surface area contributed by atoms with E-state index in [9.17, 15) is 0 Å². The average Bonchev–Trinajstić information content (AvgIpc) is 2.84. The zero-order valence-electron chi connectivity index (χ0n) is 9.37. The van der Waals surface area contributed by atoms with Gasteiger partial charge in [-0.05, 0) is 31.0 Å². The number of para-hydroxylation sites is 1. The molecular formula is C14H13NO. The van der Waals surface area contributed by atoms with Crippen LogP contribution < -0.4 is 0 Å². The molecule has 1 N–H and O–H groups in total. The number of H-pyrrole nitrogens is 1. The third-order valence-electron chi connectivity index (χ3n) is 3.03. The Morgan fingerprint density at radius 1 is 1.06 bits per heavy atom. The number of hydrogen-bond donors (Lipinski definition) is 1.